The molecule has 2 amide bonds. The summed E-state index contributed by atoms with van der Waals surface area (Å²) >= 11 is 1.39. The molecule has 0 aromatic heterocycles. The van der Waals surface area contributed by atoms with E-state index in [4.69, 9.17) is 4.74 Å². The summed E-state index contributed by atoms with van der Waals surface area (Å²) in [6.45, 7) is 6.64. The van der Waals surface area contributed by atoms with Gasteiger partial charge in [-0.3, -0.25) is 4.79 Å². The molecule has 0 N–H and O–H groups in total. The van der Waals surface area contributed by atoms with Crippen molar-refractivity contribution >= 4 is 23.8 Å². The number of hydrogen-bond acceptors (Lipinski definition) is 4. The van der Waals surface area contributed by atoms with Crippen LogP contribution in [0.1, 0.15) is 20.3 Å². The lowest BCUT2D eigenvalue weighted by Gasteiger charge is -2.22. The van der Waals surface area contributed by atoms with E-state index in [0.717, 1.165) is 11.3 Å². The van der Waals surface area contributed by atoms with Gasteiger partial charge in [0.25, 0.3) is 0 Å². The van der Waals surface area contributed by atoms with Crippen molar-refractivity contribution in [3.63, 3.8) is 0 Å². The maximum atomic E-state index is 12.9. The summed E-state index contributed by atoms with van der Waals surface area (Å²) in [6, 6.07) is 6.11. The number of ether oxygens (including phenoxy) is 1. The van der Waals surface area contributed by atoms with Crippen molar-refractivity contribution in [2.24, 2.45) is 5.92 Å². The number of halogens is 1. The van der Waals surface area contributed by atoms with Gasteiger partial charge in [-0.05, 0) is 36.6 Å². The molecule has 1 aliphatic rings. The van der Waals surface area contributed by atoms with E-state index in [1.165, 1.54) is 23.9 Å². The van der Waals surface area contributed by atoms with Crippen LogP contribution in [0.4, 0.5) is 9.18 Å². The molecule has 0 aliphatic carbocycles. The lowest BCUT2D eigenvalue weighted by molar-refractivity contribution is -0.128. The Balaban J connectivity index is 1.78. The van der Waals surface area contributed by atoms with Gasteiger partial charge in [0.05, 0.1) is 12.4 Å². The molecule has 1 aromatic carbocycles. The van der Waals surface area contributed by atoms with Crippen molar-refractivity contribution in [3.05, 3.63) is 30.1 Å². The molecule has 7 heteroatoms. The lowest BCUT2D eigenvalue weighted by Crippen LogP contribution is -2.38. The molecule has 25 heavy (non-hydrogen) atoms. The average molecular weight is 368 g/mol. The van der Waals surface area contributed by atoms with E-state index in [2.05, 4.69) is 0 Å². The summed E-state index contributed by atoms with van der Waals surface area (Å²) in [5.41, 5.74) is 0. The lowest BCUT2D eigenvalue weighted by atomic mass is 10.2. The topological polar surface area (TPSA) is 49.9 Å². The molecule has 1 fully saturated rings. The van der Waals surface area contributed by atoms with E-state index in [1.807, 2.05) is 13.8 Å². The van der Waals surface area contributed by atoms with Gasteiger partial charge in [-0.2, -0.15) is 0 Å². The minimum atomic E-state index is -0.302. The fourth-order valence-corrected chi connectivity index (χ4v) is 3.25. The predicted octanol–water partition coefficient (Wildman–Crippen LogP) is 3.24. The molecule has 0 atom stereocenters. The highest BCUT2D eigenvalue weighted by Crippen LogP contribution is 2.19. The summed E-state index contributed by atoms with van der Waals surface area (Å²) < 4.78 is 18.2. The first-order valence-corrected chi connectivity index (χ1v) is 9.52. The van der Waals surface area contributed by atoms with Crippen molar-refractivity contribution in [1.29, 1.82) is 0 Å². The second-order valence-corrected chi connectivity index (χ2v) is 7.48. The van der Waals surface area contributed by atoms with Gasteiger partial charge in [0, 0.05) is 31.1 Å². The quantitative estimate of drug-likeness (QED) is 0.749. The summed E-state index contributed by atoms with van der Waals surface area (Å²) in [5.74, 6) is 0.362. The van der Waals surface area contributed by atoms with Crippen LogP contribution in [-0.2, 0) is 9.53 Å². The molecular formula is C18H25FN2O3S. The molecule has 1 aliphatic heterocycles. The van der Waals surface area contributed by atoms with E-state index >= 15 is 0 Å². The molecule has 0 spiro atoms. The SMILES string of the molecule is CC(C)COC(=O)N1CCCN(C(=O)CSc2ccc(F)cc2)CC1. The summed E-state index contributed by atoms with van der Waals surface area (Å²) in [5, 5.41) is 0. The van der Waals surface area contributed by atoms with Crippen LogP contribution in [0.2, 0.25) is 0 Å². The van der Waals surface area contributed by atoms with Crippen molar-refractivity contribution < 1.29 is 18.7 Å². The van der Waals surface area contributed by atoms with E-state index in [0.29, 0.717) is 44.5 Å². The third kappa shape index (κ3) is 6.57. The molecule has 0 radical (unpaired) electrons. The minimum absolute atomic E-state index is 0.0340. The Labute approximate surface area is 152 Å². The van der Waals surface area contributed by atoms with Crippen molar-refractivity contribution in [3.8, 4) is 0 Å². The number of nitrogens with zero attached hydrogens (tertiary/aromatic N) is 2. The van der Waals surface area contributed by atoms with Crippen LogP contribution in [0.25, 0.3) is 0 Å². The van der Waals surface area contributed by atoms with Gasteiger partial charge in [0.15, 0.2) is 0 Å². The van der Waals surface area contributed by atoms with E-state index in [1.54, 1.807) is 21.9 Å². The van der Waals surface area contributed by atoms with Crippen molar-refractivity contribution in [1.82, 2.24) is 9.80 Å². The van der Waals surface area contributed by atoms with Gasteiger partial charge in [-0.1, -0.05) is 13.8 Å². The normalized spacial score (nSPS) is 15.2. The van der Waals surface area contributed by atoms with Gasteiger partial charge in [-0.15, -0.1) is 11.8 Å². The molecule has 1 saturated heterocycles. The summed E-state index contributed by atoms with van der Waals surface area (Å²) in [7, 11) is 0. The van der Waals surface area contributed by atoms with Crippen LogP contribution in [-0.4, -0.2) is 60.3 Å². The molecule has 138 valence electrons. The number of amides is 2. The third-order valence-electron chi connectivity index (χ3n) is 3.82. The summed E-state index contributed by atoms with van der Waals surface area (Å²) in [6.07, 6.45) is 0.438. The monoisotopic (exact) mass is 368 g/mol. The van der Waals surface area contributed by atoms with Crippen molar-refractivity contribution in [2.75, 3.05) is 38.5 Å². The largest absolute Gasteiger partial charge is 0.449 e. The number of hydrogen-bond donors (Lipinski definition) is 0. The molecule has 5 nitrogen and oxygen atoms in total. The first-order chi connectivity index (χ1) is 12.0. The molecule has 0 unspecified atom stereocenters. The molecule has 0 saturated carbocycles. The Bertz CT molecular complexity index is 580. The zero-order chi connectivity index (χ0) is 18.2. The average Bonchev–Trinajstić information content (AvgIpc) is 2.85. The Kier molecular flexibility index (Phi) is 7.55. The summed E-state index contributed by atoms with van der Waals surface area (Å²) in [4.78, 5) is 28.7. The highest BCUT2D eigenvalue weighted by molar-refractivity contribution is 8.00. The van der Waals surface area contributed by atoms with Gasteiger partial charge in [0.1, 0.15) is 5.82 Å². The van der Waals surface area contributed by atoms with E-state index in [-0.39, 0.29) is 17.8 Å². The van der Waals surface area contributed by atoms with Crippen LogP contribution in [0.5, 0.6) is 0 Å². The highest BCUT2D eigenvalue weighted by Gasteiger charge is 2.23. The minimum Gasteiger partial charge on any atom is -0.449 e. The van der Waals surface area contributed by atoms with E-state index < -0.39 is 0 Å². The third-order valence-corrected chi connectivity index (χ3v) is 4.82. The fraction of sp³-hybridized carbons (Fsp3) is 0.556. The van der Waals surface area contributed by atoms with Gasteiger partial charge < -0.3 is 14.5 Å². The molecule has 1 aromatic rings. The van der Waals surface area contributed by atoms with Crippen LogP contribution < -0.4 is 0 Å². The Morgan fingerprint density at radius 2 is 1.76 bits per heavy atom. The fourth-order valence-electron chi connectivity index (χ4n) is 2.45. The maximum absolute atomic E-state index is 12.9. The molecule has 2 rings (SSSR count). The number of benzene rings is 1. The smallest absolute Gasteiger partial charge is 0.409 e. The molecule has 0 bridgehead atoms. The predicted molar refractivity (Wildman–Crippen MR) is 96.1 cm³/mol. The zero-order valence-electron chi connectivity index (χ0n) is 14.7. The van der Waals surface area contributed by atoms with Crippen LogP contribution in [0.15, 0.2) is 29.2 Å². The van der Waals surface area contributed by atoms with Crippen molar-refractivity contribution in [2.45, 2.75) is 25.2 Å². The maximum Gasteiger partial charge on any atom is 0.409 e. The number of rotatable bonds is 5. The molecule has 1 heterocycles. The second-order valence-electron chi connectivity index (χ2n) is 6.43. The van der Waals surface area contributed by atoms with Gasteiger partial charge in [0.2, 0.25) is 5.91 Å². The number of thioether (sulfide) groups is 1. The van der Waals surface area contributed by atoms with Crippen LogP contribution in [0.3, 0.4) is 0 Å². The highest BCUT2D eigenvalue weighted by atomic mass is 32.2. The standard InChI is InChI=1S/C18H25FN2O3S/c1-14(2)12-24-18(23)21-9-3-8-20(10-11-21)17(22)13-25-16-6-4-15(19)5-7-16/h4-7,14H,3,8-13H2,1-2H3. The number of carbonyl (C=O) groups excluding carboxylic acids is 2. The van der Waals surface area contributed by atoms with Crippen LogP contribution >= 0.6 is 11.8 Å². The first kappa shape index (κ1) is 19.6. The molecular weight excluding hydrogens is 343 g/mol. The van der Waals surface area contributed by atoms with Gasteiger partial charge >= 0.3 is 6.09 Å². The Morgan fingerprint density at radius 3 is 2.44 bits per heavy atom. The van der Waals surface area contributed by atoms with Gasteiger partial charge in [-0.25, -0.2) is 9.18 Å². The second kappa shape index (κ2) is 9.65. The Hall–Kier alpha value is -1.76. The zero-order valence-corrected chi connectivity index (χ0v) is 15.6. The first-order valence-electron chi connectivity index (χ1n) is 8.53. The number of carbonyl (C=O) groups is 2. The Morgan fingerprint density at radius 1 is 1.12 bits per heavy atom. The van der Waals surface area contributed by atoms with Crippen LogP contribution in [0, 0.1) is 11.7 Å². The van der Waals surface area contributed by atoms with E-state index in [9.17, 15) is 14.0 Å².